The Bertz CT molecular complexity index is 878. The lowest BCUT2D eigenvalue weighted by molar-refractivity contribution is 0.276. The van der Waals surface area contributed by atoms with E-state index in [-0.39, 0.29) is 22.9 Å². The van der Waals surface area contributed by atoms with E-state index in [9.17, 15) is 5.26 Å². The number of hydrogen-bond donors (Lipinski definition) is 4. The first-order valence-corrected chi connectivity index (χ1v) is 8.07. The maximum Gasteiger partial charge on any atom is 0.226 e. The van der Waals surface area contributed by atoms with Crippen LogP contribution in [0.1, 0.15) is 16.7 Å². The number of rotatable bonds is 6. The second-order valence-electron chi connectivity index (χ2n) is 5.64. The van der Waals surface area contributed by atoms with Crippen molar-refractivity contribution >= 4 is 11.5 Å². The van der Waals surface area contributed by atoms with Crippen molar-refractivity contribution in [3.8, 4) is 29.2 Å². The monoisotopic (exact) mass is 356 g/mol. The first kappa shape index (κ1) is 17.6. The van der Waals surface area contributed by atoms with Gasteiger partial charge in [-0.1, -0.05) is 0 Å². The molecule has 0 radical (unpaired) electrons. The van der Waals surface area contributed by atoms with E-state index >= 15 is 0 Å². The van der Waals surface area contributed by atoms with Crippen LogP contribution in [0, 0.1) is 11.3 Å². The highest BCUT2D eigenvalue weighted by Crippen LogP contribution is 2.44. The van der Waals surface area contributed by atoms with Crippen LogP contribution in [0.3, 0.4) is 0 Å². The molecule has 9 heteroatoms. The predicted octanol–water partition coefficient (Wildman–Crippen LogP) is 0.489. The van der Waals surface area contributed by atoms with Gasteiger partial charge in [0.2, 0.25) is 5.88 Å². The van der Waals surface area contributed by atoms with Gasteiger partial charge in [-0.05, 0) is 6.07 Å². The molecule has 26 heavy (non-hydrogen) atoms. The molecule has 0 amide bonds. The summed E-state index contributed by atoms with van der Waals surface area (Å²) in [6, 6.07) is 5.49. The molecule has 9 nitrogen and oxygen atoms in total. The molecule has 1 aliphatic rings. The van der Waals surface area contributed by atoms with Crippen LogP contribution in [0.5, 0.6) is 23.1 Å². The Morgan fingerprint density at radius 2 is 1.77 bits per heavy atom. The van der Waals surface area contributed by atoms with Gasteiger partial charge in [-0.15, -0.1) is 0 Å². The van der Waals surface area contributed by atoms with Crippen molar-refractivity contribution in [3.63, 3.8) is 0 Å². The van der Waals surface area contributed by atoms with Crippen LogP contribution in [-0.4, -0.2) is 31.3 Å². The number of benzene rings is 1. The highest BCUT2D eigenvalue weighted by Gasteiger charge is 2.26. The van der Waals surface area contributed by atoms with Gasteiger partial charge in [-0.2, -0.15) is 10.2 Å². The van der Waals surface area contributed by atoms with Crippen LogP contribution in [0.4, 0.5) is 11.5 Å². The Morgan fingerprint density at radius 1 is 1.12 bits per heavy atom. The normalized spacial score (nSPS) is 11.7. The number of anilines is 2. The van der Waals surface area contributed by atoms with Crippen LogP contribution in [-0.2, 0) is 6.42 Å². The number of pyridine rings is 1. The highest BCUT2D eigenvalue weighted by atomic mass is 16.5. The molecule has 1 aromatic carbocycles. The molecular formula is C17H20N6O3. The van der Waals surface area contributed by atoms with Gasteiger partial charge < -0.3 is 37.1 Å². The molecule has 0 bridgehead atoms. The number of nitriles is 1. The summed E-state index contributed by atoms with van der Waals surface area (Å²) in [6.45, 7) is 1.41. The summed E-state index contributed by atoms with van der Waals surface area (Å²) in [4.78, 5) is 4.15. The summed E-state index contributed by atoms with van der Waals surface area (Å²) in [5, 5.41) is 9.21. The smallest absolute Gasteiger partial charge is 0.226 e. The zero-order valence-electron chi connectivity index (χ0n) is 14.1. The first-order chi connectivity index (χ1) is 12.6. The zero-order chi connectivity index (χ0) is 18.7. The Morgan fingerprint density at radius 3 is 2.38 bits per heavy atom. The van der Waals surface area contributed by atoms with E-state index in [1.165, 1.54) is 0 Å². The van der Waals surface area contributed by atoms with E-state index in [0.717, 1.165) is 5.56 Å². The van der Waals surface area contributed by atoms with Crippen LogP contribution < -0.4 is 37.1 Å². The van der Waals surface area contributed by atoms with Gasteiger partial charge in [0.15, 0.2) is 11.5 Å². The van der Waals surface area contributed by atoms with E-state index in [0.29, 0.717) is 55.5 Å². The quantitative estimate of drug-likeness (QED) is 0.491. The van der Waals surface area contributed by atoms with Gasteiger partial charge in [0.1, 0.15) is 36.4 Å². The first-order valence-electron chi connectivity index (χ1n) is 8.07. The van der Waals surface area contributed by atoms with Gasteiger partial charge in [0.05, 0.1) is 5.69 Å². The fourth-order valence-corrected chi connectivity index (χ4v) is 2.68. The van der Waals surface area contributed by atoms with Crippen LogP contribution >= 0.6 is 0 Å². The number of hydrogen-bond acceptors (Lipinski definition) is 9. The van der Waals surface area contributed by atoms with Crippen molar-refractivity contribution in [1.82, 2.24) is 4.98 Å². The predicted molar refractivity (Wildman–Crippen MR) is 96.2 cm³/mol. The van der Waals surface area contributed by atoms with Gasteiger partial charge >= 0.3 is 0 Å². The summed E-state index contributed by atoms with van der Waals surface area (Å²) in [5.74, 6) is 1.92. The van der Waals surface area contributed by atoms with Gasteiger partial charge in [-0.3, -0.25) is 0 Å². The van der Waals surface area contributed by atoms with Crippen molar-refractivity contribution in [1.29, 1.82) is 5.26 Å². The van der Waals surface area contributed by atoms with Gasteiger partial charge in [0, 0.05) is 36.7 Å². The number of nitrogens with two attached hydrogens (primary N) is 4. The van der Waals surface area contributed by atoms with Crippen molar-refractivity contribution < 1.29 is 14.2 Å². The lowest BCUT2D eigenvalue weighted by Crippen LogP contribution is -2.15. The maximum atomic E-state index is 9.21. The molecule has 0 atom stereocenters. The molecule has 8 N–H and O–H groups in total. The van der Waals surface area contributed by atoms with E-state index in [1.807, 2.05) is 12.1 Å². The molecule has 2 aromatic rings. The van der Waals surface area contributed by atoms with Crippen LogP contribution in [0.25, 0.3) is 0 Å². The van der Waals surface area contributed by atoms with Crippen molar-refractivity contribution in [3.05, 3.63) is 28.8 Å². The average Bonchev–Trinajstić information content (AvgIpc) is 2.63. The molecule has 3 rings (SSSR count). The summed E-state index contributed by atoms with van der Waals surface area (Å²) in [6.07, 6.45) is 0.425. The number of fused-ring (bicyclic) bond motifs is 2. The maximum absolute atomic E-state index is 9.21. The lowest BCUT2D eigenvalue weighted by atomic mass is 9.98. The van der Waals surface area contributed by atoms with E-state index < -0.39 is 0 Å². The SMILES string of the molecule is N#Cc1c(N)nc2c(c1N)Cc1cc(OCCN)c(OCCN)cc1O2. The number of nitrogens with zero attached hydrogens (tertiary/aromatic N) is 2. The Hall–Kier alpha value is -3.22. The minimum absolute atomic E-state index is 0.0368. The summed E-state index contributed by atoms with van der Waals surface area (Å²) >= 11 is 0. The third-order valence-corrected chi connectivity index (χ3v) is 3.89. The fourth-order valence-electron chi connectivity index (χ4n) is 2.68. The number of aromatic nitrogens is 1. The van der Waals surface area contributed by atoms with E-state index in [4.69, 9.17) is 37.1 Å². The topological polar surface area (TPSA) is 168 Å². The molecule has 0 saturated heterocycles. The van der Waals surface area contributed by atoms with Crippen LogP contribution in [0.2, 0.25) is 0 Å². The van der Waals surface area contributed by atoms with Crippen LogP contribution in [0.15, 0.2) is 12.1 Å². The van der Waals surface area contributed by atoms with Crippen molar-refractivity contribution in [2.24, 2.45) is 11.5 Å². The highest BCUT2D eigenvalue weighted by molar-refractivity contribution is 5.72. The largest absolute Gasteiger partial charge is 0.488 e. The molecular weight excluding hydrogens is 336 g/mol. The average molecular weight is 356 g/mol. The molecule has 0 spiro atoms. The van der Waals surface area contributed by atoms with Gasteiger partial charge in [0.25, 0.3) is 0 Å². The minimum atomic E-state index is 0.0368. The molecule has 0 saturated carbocycles. The van der Waals surface area contributed by atoms with Crippen molar-refractivity contribution in [2.75, 3.05) is 37.8 Å². The number of nitrogen functional groups attached to an aromatic ring is 2. The summed E-state index contributed by atoms with van der Waals surface area (Å²) < 4.78 is 17.2. The van der Waals surface area contributed by atoms with Crippen molar-refractivity contribution in [2.45, 2.75) is 6.42 Å². The second kappa shape index (κ2) is 7.35. The Balaban J connectivity index is 2.02. The zero-order valence-corrected chi connectivity index (χ0v) is 14.1. The minimum Gasteiger partial charge on any atom is -0.488 e. The molecule has 2 heterocycles. The Labute approximate surface area is 150 Å². The number of ether oxygens (including phenoxy) is 3. The third-order valence-electron chi connectivity index (χ3n) is 3.89. The van der Waals surface area contributed by atoms with E-state index in [2.05, 4.69) is 4.98 Å². The molecule has 1 aliphatic heterocycles. The molecule has 136 valence electrons. The van der Waals surface area contributed by atoms with Gasteiger partial charge in [-0.25, -0.2) is 0 Å². The standard InChI is InChI=1S/C17H20N6O3/c18-1-3-24-13-6-9-5-10-15(21)11(8-20)16(22)23-17(10)26-12(9)7-14(13)25-4-2-19/h6-7H,1-5,18-19H2,(H4,21,22,23). The molecule has 0 aliphatic carbocycles. The summed E-state index contributed by atoms with van der Waals surface area (Å²) in [7, 11) is 0. The fraction of sp³-hybridized carbons (Fsp3) is 0.294. The summed E-state index contributed by atoms with van der Waals surface area (Å²) in [5.41, 5.74) is 24.8. The Kier molecular flexibility index (Phi) is 4.97. The molecule has 0 unspecified atom stereocenters. The lowest BCUT2D eigenvalue weighted by Gasteiger charge is -2.23. The molecule has 0 fully saturated rings. The van der Waals surface area contributed by atoms with E-state index in [1.54, 1.807) is 6.07 Å². The molecule has 1 aromatic heterocycles. The third kappa shape index (κ3) is 3.15. The second-order valence-corrected chi connectivity index (χ2v) is 5.64.